The number of aliphatic hydroxyl groups excluding tert-OH is 1. The highest BCUT2D eigenvalue weighted by atomic mass is 19.1. The molecule has 1 N–H and O–H groups in total. The molecule has 1 rings (SSSR count). The molecule has 0 saturated heterocycles. The maximum absolute atomic E-state index is 13.3. The molecule has 0 amide bonds. The van der Waals surface area contributed by atoms with E-state index in [1.165, 1.54) is 18.3 Å². The van der Waals surface area contributed by atoms with Gasteiger partial charge in [-0.15, -0.1) is 0 Å². The number of ether oxygens (including phenoxy) is 1. The van der Waals surface area contributed by atoms with Crippen molar-refractivity contribution in [2.24, 2.45) is 0 Å². The van der Waals surface area contributed by atoms with Crippen molar-refractivity contribution in [2.75, 3.05) is 7.11 Å². The van der Waals surface area contributed by atoms with Crippen LogP contribution in [0.15, 0.2) is 18.3 Å². The first-order valence-electron chi connectivity index (χ1n) is 5.30. The lowest BCUT2D eigenvalue weighted by Gasteiger charge is -2.24. The van der Waals surface area contributed by atoms with E-state index < -0.39 is 11.9 Å². The third-order valence-electron chi connectivity index (χ3n) is 2.67. The smallest absolute Gasteiger partial charge is 0.147 e. The maximum Gasteiger partial charge on any atom is 0.147 e. The van der Waals surface area contributed by atoms with Crippen molar-refractivity contribution in [3.63, 3.8) is 0 Å². The molecule has 16 heavy (non-hydrogen) atoms. The first-order chi connectivity index (χ1) is 7.46. The Hall–Kier alpha value is -1.00. The molecule has 0 aliphatic carbocycles. The van der Waals surface area contributed by atoms with Crippen molar-refractivity contribution in [1.82, 2.24) is 4.98 Å². The zero-order valence-electron chi connectivity index (χ0n) is 9.90. The first-order valence-corrected chi connectivity index (χ1v) is 5.30. The molecule has 1 unspecified atom stereocenters. The van der Waals surface area contributed by atoms with Gasteiger partial charge in [0.05, 0.1) is 11.7 Å². The minimum Gasteiger partial charge on any atom is -0.387 e. The normalized spacial score (nSPS) is 13.8. The SMILES string of the molecule is COC(C)(C)CCC(O)c1ncccc1F. The largest absolute Gasteiger partial charge is 0.387 e. The van der Waals surface area contributed by atoms with Crippen molar-refractivity contribution in [3.05, 3.63) is 29.8 Å². The lowest BCUT2D eigenvalue weighted by atomic mass is 9.98. The van der Waals surface area contributed by atoms with Crippen LogP contribution in [-0.2, 0) is 4.74 Å². The van der Waals surface area contributed by atoms with Crippen molar-refractivity contribution < 1.29 is 14.2 Å². The predicted octanol–water partition coefficient (Wildman–Crippen LogP) is 2.46. The van der Waals surface area contributed by atoms with Crippen molar-refractivity contribution in [3.8, 4) is 0 Å². The Labute approximate surface area is 95.3 Å². The van der Waals surface area contributed by atoms with Gasteiger partial charge in [-0.1, -0.05) is 0 Å². The number of aromatic nitrogens is 1. The van der Waals surface area contributed by atoms with Crippen LogP contribution in [0.25, 0.3) is 0 Å². The van der Waals surface area contributed by atoms with Crippen LogP contribution in [0, 0.1) is 5.82 Å². The average molecular weight is 227 g/mol. The van der Waals surface area contributed by atoms with Gasteiger partial charge in [-0.3, -0.25) is 4.98 Å². The van der Waals surface area contributed by atoms with Gasteiger partial charge in [0.2, 0.25) is 0 Å². The fourth-order valence-corrected chi connectivity index (χ4v) is 1.37. The van der Waals surface area contributed by atoms with Gasteiger partial charge in [0, 0.05) is 13.3 Å². The van der Waals surface area contributed by atoms with E-state index in [-0.39, 0.29) is 11.3 Å². The number of nitrogens with zero attached hydrogens (tertiary/aromatic N) is 1. The van der Waals surface area contributed by atoms with Crippen molar-refractivity contribution in [2.45, 2.75) is 38.4 Å². The summed E-state index contributed by atoms with van der Waals surface area (Å²) in [5.74, 6) is -0.467. The van der Waals surface area contributed by atoms with Crippen LogP contribution in [0.1, 0.15) is 38.5 Å². The van der Waals surface area contributed by atoms with E-state index >= 15 is 0 Å². The maximum atomic E-state index is 13.3. The Bertz CT molecular complexity index is 342. The Morgan fingerprint density at radius 3 is 2.81 bits per heavy atom. The van der Waals surface area contributed by atoms with Crippen LogP contribution in [0.4, 0.5) is 4.39 Å². The standard InChI is InChI=1S/C12H18FNO2/c1-12(2,16-3)7-6-10(15)11-9(13)5-4-8-14-11/h4-5,8,10,15H,6-7H2,1-3H3. The summed E-state index contributed by atoms with van der Waals surface area (Å²) < 4.78 is 18.5. The number of pyridine rings is 1. The monoisotopic (exact) mass is 227 g/mol. The topological polar surface area (TPSA) is 42.4 Å². The molecule has 1 aromatic heterocycles. The number of halogens is 1. The summed E-state index contributed by atoms with van der Waals surface area (Å²) in [6.07, 6.45) is 1.66. The molecule has 0 radical (unpaired) electrons. The predicted molar refractivity (Wildman–Crippen MR) is 59.5 cm³/mol. The van der Waals surface area contributed by atoms with Crippen molar-refractivity contribution in [1.29, 1.82) is 0 Å². The van der Waals surface area contributed by atoms with Crippen LogP contribution in [-0.4, -0.2) is 22.8 Å². The van der Waals surface area contributed by atoms with E-state index in [1.54, 1.807) is 7.11 Å². The lowest BCUT2D eigenvalue weighted by molar-refractivity contribution is 0.00206. The quantitative estimate of drug-likeness (QED) is 0.840. The van der Waals surface area contributed by atoms with E-state index in [2.05, 4.69) is 4.98 Å². The van der Waals surface area contributed by atoms with Gasteiger partial charge in [-0.2, -0.15) is 0 Å². The molecular weight excluding hydrogens is 209 g/mol. The molecule has 1 heterocycles. The summed E-state index contributed by atoms with van der Waals surface area (Å²) in [4.78, 5) is 3.84. The molecule has 0 aliphatic heterocycles. The highest BCUT2D eigenvalue weighted by molar-refractivity contribution is 5.09. The summed E-state index contributed by atoms with van der Waals surface area (Å²) in [5, 5.41) is 9.80. The molecule has 90 valence electrons. The highest BCUT2D eigenvalue weighted by Gasteiger charge is 2.21. The average Bonchev–Trinajstić information content (AvgIpc) is 2.27. The summed E-state index contributed by atoms with van der Waals surface area (Å²) >= 11 is 0. The molecule has 3 nitrogen and oxygen atoms in total. The Kier molecular flexibility index (Phi) is 4.38. The number of hydrogen-bond donors (Lipinski definition) is 1. The molecule has 0 aromatic carbocycles. The van der Waals surface area contributed by atoms with Crippen LogP contribution < -0.4 is 0 Å². The van der Waals surface area contributed by atoms with Crippen LogP contribution in [0.2, 0.25) is 0 Å². The van der Waals surface area contributed by atoms with E-state index in [9.17, 15) is 9.50 Å². The van der Waals surface area contributed by atoms with Crippen molar-refractivity contribution >= 4 is 0 Å². The Morgan fingerprint density at radius 1 is 1.56 bits per heavy atom. The number of hydrogen-bond acceptors (Lipinski definition) is 3. The summed E-state index contributed by atoms with van der Waals surface area (Å²) in [5.41, 5.74) is -0.207. The summed E-state index contributed by atoms with van der Waals surface area (Å²) in [6, 6.07) is 2.80. The van der Waals surface area contributed by atoms with E-state index in [4.69, 9.17) is 4.74 Å². The molecule has 0 fully saturated rings. The molecule has 0 bridgehead atoms. The fourth-order valence-electron chi connectivity index (χ4n) is 1.37. The third-order valence-corrected chi connectivity index (χ3v) is 2.67. The first kappa shape index (κ1) is 13.1. The van der Waals surface area contributed by atoms with Gasteiger partial charge in [0.25, 0.3) is 0 Å². The fraction of sp³-hybridized carbons (Fsp3) is 0.583. The number of rotatable bonds is 5. The van der Waals surface area contributed by atoms with Gasteiger partial charge in [-0.05, 0) is 38.8 Å². The molecular formula is C12H18FNO2. The van der Waals surface area contributed by atoms with Gasteiger partial charge in [-0.25, -0.2) is 4.39 Å². The zero-order valence-corrected chi connectivity index (χ0v) is 9.90. The second kappa shape index (κ2) is 5.37. The van der Waals surface area contributed by atoms with Crippen LogP contribution >= 0.6 is 0 Å². The van der Waals surface area contributed by atoms with Gasteiger partial charge >= 0.3 is 0 Å². The molecule has 0 spiro atoms. The summed E-state index contributed by atoms with van der Waals surface area (Å²) in [7, 11) is 1.62. The molecule has 0 saturated carbocycles. The molecule has 1 atom stereocenters. The van der Waals surface area contributed by atoms with E-state index in [0.29, 0.717) is 12.8 Å². The zero-order chi connectivity index (χ0) is 12.2. The number of methoxy groups -OCH3 is 1. The minimum absolute atomic E-state index is 0.106. The van der Waals surface area contributed by atoms with Crippen LogP contribution in [0.3, 0.4) is 0 Å². The Morgan fingerprint density at radius 2 is 2.25 bits per heavy atom. The van der Waals surface area contributed by atoms with Gasteiger partial charge in [0.15, 0.2) is 0 Å². The van der Waals surface area contributed by atoms with E-state index in [1.807, 2.05) is 13.8 Å². The second-order valence-electron chi connectivity index (χ2n) is 4.39. The minimum atomic E-state index is -0.879. The molecule has 4 heteroatoms. The lowest BCUT2D eigenvalue weighted by Crippen LogP contribution is -2.23. The Balaban J connectivity index is 2.60. The number of aliphatic hydroxyl groups is 1. The van der Waals surface area contributed by atoms with Gasteiger partial charge < -0.3 is 9.84 Å². The van der Waals surface area contributed by atoms with Crippen LogP contribution in [0.5, 0.6) is 0 Å². The van der Waals surface area contributed by atoms with E-state index in [0.717, 1.165) is 0 Å². The van der Waals surface area contributed by atoms with Gasteiger partial charge in [0.1, 0.15) is 11.5 Å². The molecule has 0 aliphatic rings. The third kappa shape index (κ3) is 3.54. The molecule has 1 aromatic rings. The highest BCUT2D eigenvalue weighted by Crippen LogP contribution is 2.24. The second-order valence-corrected chi connectivity index (χ2v) is 4.39. The summed E-state index contributed by atoms with van der Waals surface area (Å²) in [6.45, 7) is 3.85.